The van der Waals surface area contributed by atoms with E-state index in [9.17, 15) is 0 Å². The summed E-state index contributed by atoms with van der Waals surface area (Å²) in [6.45, 7) is 9.86. The second-order valence-corrected chi connectivity index (χ2v) is 3.58. The summed E-state index contributed by atoms with van der Waals surface area (Å²) in [5.74, 6) is 0.838. The van der Waals surface area contributed by atoms with Gasteiger partial charge in [-0.15, -0.1) is 0 Å². The maximum Gasteiger partial charge on any atom is -0.00462 e. The molecule has 0 aliphatic carbocycles. The Morgan fingerprint density at radius 2 is 2.00 bits per heavy atom. The zero-order valence-electron chi connectivity index (χ0n) is 8.26. The first kappa shape index (κ1) is 10.3. The molecule has 0 unspecified atom stereocenters. The molecular weight excluding hydrogens is 158 g/mol. The van der Waals surface area contributed by atoms with Gasteiger partial charge >= 0.3 is 0 Å². The molecule has 1 N–H and O–H groups in total. The van der Waals surface area contributed by atoms with Gasteiger partial charge in [-0.25, -0.2) is 0 Å². The lowest BCUT2D eigenvalue weighted by atomic mass is 9.91. The second kappa shape index (κ2) is 5.76. The van der Waals surface area contributed by atoms with Crippen molar-refractivity contribution < 1.29 is 0 Å². The molecule has 0 aromatic heterocycles. The molecule has 13 heavy (non-hydrogen) atoms. The van der Waals surface area contributed by atoms with Crippen molar-refractivity contribution >= 4 is 0 Å². The normalized spacial score (nSPS) is 19.8. The van der Waals surface area contributed by atoms with E-state index < -0.39 is 0 Å². The van der Waals surface area contributed by atoms with Gasteiger partial charge in [0.15, 0.2) is 0 Å². The number of hydrogen-bond donors (Lipinski definition) is 1. The minimum atomic E-state index is 0.838. The Balaban J connectivity index is 2.40. The largest absolute Gasteiger partial charge is 0.317 e. The van der Waals surface area contributed by atoms with E-state index in [1.807, 2.05) is 12.2 Å². The third-order valence-electron chi connectivity index (χ3n) is 2.58. The van der Waals surface area contributed by atoms with Crippen LogP contribution in [0.2, 0.25) is 0 Å². The third-order valence-corrected chi connectivity index (χ3v) is 2.58. The van der Waals surface area contributed by atoms with Crippen LogP contribution in [-0.2, 0) is 0 Å². The zero-order valence-corrected chi connectivity index (χ0v) is 8.26. The molecule has 0 bridgehead atoms. The van der Waals surface area contributed by atoms with Gasteiger partial charge in [0.2, 0.25) is 0 Å². The fourth-order valence-electron chi connectivity index (χ4n) is 1.79. The van der Waals surface area contributed by atoms with E-state index in [0.29, 0.717) is 0 Å². The molecular formula is C12H19N. The molecule has 1 heterocycles. The minimum Gasteiger partial charge on any atom is -0.317 e. The summed E-state index contributed by atoms with van der Waals surface area (Å²) in [5, 5.41) is 3.37. The molecule has 0 radical (unpaired) electrons. The lowest BCUT2D eigenvalue weighted by molar-refractivity contribution is 0.374. The Hall–Kier alpha value is -0.820. The van der Waals surface area contributed by atoms with E-state index >= 15 is 0 Å². The van der Waals surface area contributed by atoms with Gasteiger partial charge in [0.05, 0.1) is 0 Å². The summed E-state index contributed by atoms with van der Waals surface area (Å²) in [5.41, 5.74) is 1.32. The quantitative estimate of drug-likeness (QED) is 0.651. The average molecular weight is 177 g/mol. The Morgan fingerprint density at radius 1 is 1.31 bits per heavy atom. The van der Waals surface area contributed by atoms with Crippen molar-refractivity contribution in [2.24, 2.45) is 5.92 Å². The zero-order chi connectivity index (χ0) is 9.52. The molecule has 1 aliphatic rings. The first-order valence-corrected chi connectivity index (χ1v) is 5.01. The van der Waals surface area contributed by atoms with E-state index in [4.69, 9.17) is 0 Å². The topological polar surface area (TPSA) is 12.0 Å². The lowest BCUT2D eigenvalue weighted by Gasteiger charge is -2.22. The van der Waals surface area contributed by atoms with Crippen molar-refractivity contribution in [3.63, 3.8) is 0 Å². The molecule has 0 aromatic carbocycles. The smallest absolute Gasteiger partial charge is 0.00462 e. The van der Waals surface area contributed by atoms with E-state index in [1.165, 1.54) is 31.5 Å². The molecule has 0 saturated carbocycles. The number of hydrogen-bond acceptors (Lipinski definition) is 1. The van der Waals surface area contributed by atoms with Crippen LogP contribution < -0.4 is 5.32 Å². The number of piperidine rings is 1. The average Bonchev–Trinajstić information content (AvgIpc) is 2.19. The molecule has 72 valence electrons. The van der Waals surface area contributed by atoms with Crippen LogP contribution in [0.4, 0.5) is 0 Å². The van der Waals surface area contributed by atoms with Crippen molar-refractivity contribution in [2.45, 2.75) is 19.3 Å². The van der Waals surface area contributed by atoms with Crippen LogP contribution in [-0.4, -0.2) is 13.1 Å². The highest BCUT2D eigenvalue weighted by atomic mass is 14.9. The van der Waals surface area contributed by atoms with Crippen LogP contribution in [0.1, 0.15) is 19.3 Å². The summed E-state index contributed by atoms with van der Waals surface area (Å²) < 4.78 is 0. The fraction of sp³-hybridized carbons (Fsp3) is 0.500. The monoisotopic (exact) mass is 177 g/mol. The van der Waals surface area contributed by atoms with Crippen LogP contribution in [0, 0.1) is 5.92 Å². The van der Waals surface area contributed by atoms with Gasteiger partial charge in [0, 0.05) is 0 Å². The first-order valence-electron chi connectivity index (χ1n) is 5.01. The highest BCUT2D eigenvalue weighted by Gasteiger charge is 2.12. The van der Waals surface area contributed by atoms with E-state index in [2.05, 4.69) is 24.6 Å². The molecule has 1 aliphatic heterocycles. The van der Waals surface area contributed by atoms with Crippen LogP contribution in [0.25, 0.3) is 0 Å². The van der Waals surface area contributed by atoms with Crippen molar-refractivity contribution in [3.8, 4) is 0 Å². The predicted molar refractivity (Wildman–Crippen MR) is 58.7 cm³/mol. The summed E-state index contributed by atoms with van der Waals surface area (Å²) in [4.78, 5) is 0. The Bertz CT molecular complexity index is 197. The molecule has 1 rings (SSSR count). The van der Waals surface area contributed by atoms with Crippen molar-refractivity contribution in [3.05, 3.63) is 37.0 Å². The highest BCUT2D eigenvalue weighted by molar-refractivity contribution is 5.21. The summed E-state index contributed by atoms with van der Waals surface area (Å²) in [7, 11) is 0. The summed E-state index contributed by atoms with van der Waals surface area (Å²) >= 11 is 0. The molecule has 1 saturated heterocycles. The molecule has 0 amide bonds. The van der Waals surface area contributed by atoms with E-state index in [0.717, 1.165) is 12.3 Å². The highest BCUT2D eigenvalue weighted by Crippen LogP contribution is 2.21. The summed E-state index contributed by atoms with van der Waals surface area (Å²) in [6, 6.07) is 0. The number of allylic oxidation sites excluding steroid dienone is 4. The molecule has 0 atom stereocenters. The minimum absolute atomic E-state index is 0.838. The lowest BCUT2D eigenvalue weighted by Crippen LogP contribution is -2.27. The Morgan fingerprint density at radius 3 is 2.54 bits per heavy atom. The predicted octanol–water partition coefficient (Wildman–Crippen LogP) is 2.67. The molecule has 1 nitrogen and oxygen atoms in total. The maximum absolute atomic E-state index is 3.81. The van der Waals surface area contributed by atoms with Gasteiger partial charge in [0.25, 0.3) is 0 Å². The van der Waals surface area contributed by atoms with Crippen LogP contribution >= 0.6 is 0 Å². The second-order valence-electron chi connectivity index (χ2n) is 3.58. The standard InChI is InChI=1S/C12H19N/c1-3-5-11(4-2)10-12-6-8-13-9-7-12/h3-5,12-13H,1-2,6-10H2/b11-5+. The SMILES string of the molecule is C=C/C=C(\C=C)CC1CCNCC1. The van der Waals surface area contributed by atoms with Crippen LogP contribution in [0.15, 0.2) is 37.0 Å². The van der Waals surface area contributed by atoms with Crippen molar-refractivity contribution in [2.75, 3.05) is 13.1 Å². The van der Waals surface area contributed by atoms with E-state index in [1.54, 1.807) is 0 Å². The van der Waals surface area contributed by atoms with Gasteiger partial charge in [0.1, 0.15) is 0 Å². The first-order chi connectivity index (χ1) is 6.36. The summed E-state index contributed by atoms with van der Waals surface area (Å²) in [6.07, 6.45) is 9.61. The van der Waals surface area contributed by atoms with Gasteiger partial charge in [-0.2, -0.15) is 0 Å². The van der Waals surface area contributed by atoms with Gasteiger partial charge in [-0.3, -0.25) is 0 Å². The number of nitrogens with one attached hydrogen (secondary N) is 1. The Kier molecular flexibility index (Phi) is 4.55. The molecule has 0 aromatic rings. The van der Waals surface area contributed by atoms with Gasteiger partial charge in [-0.05, 0) is 43.8 Å². The van der Waals surface area contributed by atoms with Crippen molar-refractivity contribution in [1.82, 2.24) is 5.32 Å². The van der Waals surface area contributed by atoms with Crippen molar-refractivity contribution in [1.29, 1.82) is 0 Å². The molecule has 0 spiro atoms. The number of rotatable bonds is 4. The van der Waals surface area contributed by atoms with Crippen LogP contribution in [0.5, 0.6) is 0 Å². The van der Waals surface area contributed by atoms with E-state index in [-0.39, 0.29) is 0 Å². The third kappa shape index (κ3) is 3.60. The molecule has 1 fully saturated rings. The fourth-order valence-corrected chi connectivity index (χ4v) is 1.79. The van der Waals surface area contributed by atoms with Gasteiger partial charge in [-0.1, -0.05) is 31.4 Å². The van der Waals surface area contributed by atoms with Gasteiger partial charge < -0.3 is 5.32 Å². The van der Waals surface area contributed by atoms with Crippen LogP contribution in [0.3, 0.4) is 0 Å². The maximum atomic E-state index is 3.81. The molecule has 1 heteroatoms. The Labute approximate surface area is 81.2 Å².